The highest BCUT2D eigenvalue weighted by Crippen LogP contribution is 1.93. The number of hydrogen-bond acceptors (Lipinski definition) is 4. The summed E-state index contributed by atoms with van der Waals surface area (Å²) in [4.78, 5) is 4.54. The smallest absolute Gasteiger partial charge is 0.144 e. The summed E-state index contributed by atoms with van der Waals surface area (Å²) < 4.78 is 0. The zero-order chi connectivity index (χ0) is 5.28. The van der Waals surface area contributed by atoms with Crippen molar-refractivity contribution in [3.05, 3.63) is 0 Å². The van der Waals surface area contributed by atoms with E-state index in [2.05, 4.69) is 10.3 Å². The molecule has 0 aromatic rings. The monoisotopic (exact) mass is 104 g/mol. The van der Waals surface area contributed by atoms with Crippen molar-refractivity contribution in [3.63, 3.8) is 0 Å². The number of aliphatic hydroxyl groups is 1. The molecule has 0 saturated carbocycles. The van der Waals surface area contributed by atoms with E-state index in [1.165, 1.54) is 0 Å². The lowest BCUT2D eigenvalue weighted by atomic mass is 10.3. The van der Waals surface area contributed by atoms with Crippen LogP contribution in [0.2, 0.25) is 0 Å². The van der Waals surface area contributed by atoms with Crippen molar-refractivity contribution >= 4 is 0 Å². The molecule has 7 heavy (non-hydrogen) atoms. The van der Waals surface area contributed by atoms with Crippen molar-refractivity contribution in [3.8, 4) is 0 Å². The summed E-state index contributed by atoms with van der Waals surface area (Å²) in [6.45, 7) is 0.390. The van der Waals surface area contributed by atoms with Gasteiger partial charge in [0.2, 0.25) is 0 Å². The molecule has 0 bridgehead atoms. The Bertz CT molecular complexity index is 60.0. The SMILES string of the molecule is N[C@@H]1CON[C@@H]1O. The van der Waals surface area contributed by atoms with E-state index < -0.39 is 6.23 Å². The summed E-state index contributed by atoms with van der Waals surface area (Å²) in [6.07, 6.45) is -0.681. The van der Waals surface area contributed by atoms with E-state index >= 15 is 0 Å². The maximum atomic E-state index is 8.64. The van der Waals surface area contributed by atoms with Gasteiger partial charge in [0.1, 0.15) is 6.23 Å². The van der Waals surface area contributed by atoms with Crippen molar-refractivity contribution < 1.29 is 9.94 Å². The van der Waals surface area contributed by atoms with Crippen molar-refractivity contribution in [2.75, 3.05) is 6.61 Å². The molecular weight excluding hydrogens is 96.0 g/mol. The third-order valence-electron chi connectivity index (χ3n) is 0.885. The van der Waals surface area contributed by atoms with Gasteiger partial charge in [-0.2, -0.15) is 5.48 Å². The fraction of sp³-hybridized carbons (Fsp3) is 1.00. The lowest BCUT2D eigenvalue weighted by molar-refractivity contribution is 0.0241. The summed E-state index contributed by atoms with van der Waals surface area (Å²) in [5.74, 6) is 0. The van der Waals surface area contributed by atoms with Gasteiger partial charge in [-0.15, -0.1) is 0 Å². The van der Waals surface area contributed by atoms with Gasteiger partial charge < -0.3 is 10.8 Å². The Kier molecular flexibility index (Phi) is 1.25. The van der Waals surface area contributed by atoms with E-state index in [0.29, 0.717) is 6.61 Å². The fourth-order valence-corrected chi connectivity index (χ4v) is 0.408. The number of hydroxylamine groups is 1. The summed E-state index contributed by atoms with van der Waals surface area (Å²) in [7, 11) is 0. The van der Waals surface area contributed by atoms with Gasteiger partial charge in [-0.05, 0) is 0 Å². The average molecular weight is 104 g/mol. The topological polar surface area (TPSA) is 67.5 Å². The molecule has 0 aromatic carbocycles. The average Bonchev–Trinajstić information content (AvgIpc) is 1.91. The minimum Gasteiger partial charge on any atom is -0.375 e. The number of rotatable bonds is 0. The molecule has 4 heteroatoms. The van der Waals surface area contributed by atoms with Crippen LogP contribution in [-0.4, -0.2) is 24.0 Å². The second-order valence-electron chi connectivity index (χ2n) is 1.54. The van der Waals surface area contributed by atoms with Crippen molar-refractivity contribution in [2.45, 2.75) is 12.3 Å². The van der Waals surface area contributed by atoms with Crippen LogP contribution in [0.3, 0.4) is 0 Å². The molecule has 1 fully saturated rings. The Morgan fingerprint density at radius 1 is 1.86 bits per heavy atom. The first-order valence-corrected chi connectivity index (χ1v) is 2.11. The quantitative estimate of drug-likeness (QED) is 0.338. The van der Waals surface area contributed by atoms with E-state index in [1.54, 1.807) is 0 Å². The van der Waals surface area contributed by atoms with Gasteiger partial charge in [0.15, 0.2) is 0 Å². The van der Waals surface area contributed by atoms with E-state index in [4.69, 9.17) is 10.8 Å². The second-order valence-corrected chi connectivity index (χ2v) is 1.54. The standard InChI is InChI=1S/C3H8N2O2/c4-2-1-7-5-3(2)6/h2-3,5-6H,1,4H2/t2-,3-/m1/s1. The maximum absolute atomic E-state index is 8.64. The highest BCUT2D eigenvalue weighted by Gasteiger charge is 2.20. The van der Waals surface area contributed by atoms with Gasteiger partial charge in [0.05, 0.1) is 12.6 Å². The van der Waals surface area contributed by atoms with E-state index in [1.807, 2.05) is 0 Å². The molecule has 1 heterocycles. The lowest BCUT2D eigenvalue weighted by Gasteiger charge is -2.01. The second kappa shape index (κ2) is 1.75. The van der Waals surface area contributed by atoms with Gasteiger partial charge in [0.25, 0.3) is 0 Å². The minimum atomic E-state index is -0.681. The van der Waals surface area contributed by atoms with Crippen LogP contribution in [0.25, 0.3) is 0 Å². The third kappa shape index (κ3) is 0.889. The number of hydrogen-bond donors (Lipinski definition) is 3. The Morgan fingerprint density at radius 3 is 2.71 bits per heavy atom. The van der Waals surface area contributed by atoms with E-state index in [-0.39, 0.29) is 6.04 Å². The largest absolute Gasteiger partial charge is 0.375 e. The van der Waals surface area contributed by atoms with Gasteiger partial charge in [-0.25, -0.2) is 0 Å². The first-order chi connectivity index (χ1) is 3.30. The molecular formula is C3H8N2O2. The third-order valence-corrected chi connectivity index (χ3v) is 0.885. The van der Waals surface area contributed by atoms with Crippen LogP contribution in [0.15, 0.2) is 0 Å². The Labute approximate surface area is 41.2 Å². The van der Waals surface area contributed by atoms with Crippen molar-refractivity contribution in [1.29, 1.82) is 0 Å². The predicted octanol–water partition coefficient (Wildman–Crippen LogP) is -1.83. The highest BCUT2D eigenvalue weighted by atomic mass is 16.7. The Morgan fingerprint density at radius 2 is 2.57 bits per heavy atom. The maximum Gasteiger partial charge on any atom is 0.144 e. The summed E-state index contributed by atoms with van der Waals surface area (Å²) in [5, 5.41) is 8.64. The fourth-order valence-electron chi connectivity index (χ4n) is 0.408. The van der Waals surface area contributed by atoms with Crippen molar-refractivity contribution in [1.82, 2.24) is 5.48 Å². The molecule has 1 aliphatic heterocycles. The molecule has 0 amide bonds. The number of aliphatic hydroxyl groups excluding tert-OH is 1. The van der Waals surface area contributed by atoms with Gasteiger partial charge in [-0.3, -0.25) is 4.84 Å². The van der Waals surface area contributed by atoms with Crippen LogP contribution in [-0.2, 0) is 4.84 Å². The van der Waals surface area contributed by atoms with Crippen LogP contribution < -0.4 is 11.2 Å². The number of nitrogens with one attached hydrogen (secondary N) is 1. The van der Waals surface area contributed by atoms with Crippen LogP contribution in [0.5, 0.6) is 0 Å². The predicted molar refractivity (Wildman–Crippen MR) is 23.1 cm³/mol. The first-order valence-electron chi connectivity index (χ1n) is 2.11. The van der Waals surface area contributed by atoms with Gasteiger partial charge in [0, 0.05) is 0 Å². The molecule has 4 N–H and O–H groups in total. The van der Waals surface area contributed by atoms with Crippen LogP contribution in [0, 0.1) is 0 Å². The molecule has 1 rings (SSSR count). The van der Waals surface area contributed by atoms with E-state index in [9.17, 15) is 0 Å². The van der Waals surface area contributed by atoms with Crippen LogP contribution in [0.1, 0.15) is 0 Å². The molecule has 1 aliphatic rings. The van der Waals surface area contributed by atoms with Gasteiger partial charge in [-0.1, -0.05) is 0 Å². The molecule has 0 unspecified atom stereocenters. The molecule has 0 spiro atoms. The Hall–Kier alpha value is -0.160. The highest BCUT2D eigenvalue weighted by molar-refractivity contribution is 4.69. The summed E-state index contributed by atoms with van der Waals surface area (Å²) in [5.41, 5.74) is 7.54. The normalized spacial score (nSPS) is 42.0. The molecule has 1 saturated heterocycles. The Balaban J connectivity index is 2.33. The summed E-state index contributed by atoms with van der Waals surface area (Å²) >= 11 is 0. The van der Waals surface area contributed by atoms with E-state index in [0.717, 1.165) is 0 Å². The van der Waals surface area contributed by atoms with Crippen LogP contribution >= 0.6 is 0 Å². The molecule has 0 aromatic heterocycles. The number of nitrogens with two attached hydrogens (primary N) is 1. The molecule has 0 aliphatic carbocycles. The molecule has 4 nitrogen and oxygen atoms in total. The zero-order valence-corrected chi connectivity index (χ0v) is 3.79. The summed E-state index contributed by atoms with van der Waals surface area (Å²) in [6, 6.07) is -0.264. The zero-order valence-electron chi connectivity index (χ0n) is 3.79. The minimum absolute atomic E-state index is 0.264. The van der Waals surface area contributed by atoms with Crippen LogP contribution in [0.4, 0.5) is 0 Å². The molecule has 0 radical (unpaired) electrons. The van der Waals surface area contributed by atoms with Gasteiger partial charge >= 0.3 is 0 Å². The van der Waals surface area contributed by atoms with Crippen molar-refractivity contribution in [2.24, 2.45) is 5.73 Å². The first kappa shape index (κ1) is 4.99. The molecule has 42 valence electrons. The molecule has 2 atom stereocenters. The lowest BCUT2D eigenvalue weighted by Crippen LogP contribution is -2.36.